The topological polar surface area (TPSA) is 84.2 Å². The molecule has 5 nitrogen and oxygen atoms in total. The highest BCUT2D eigenvalue weighted by molar-refractivity contribution is 7.80. The van der Waals surface area contributed by atoms with Gasteiger partial charge in [-0.25, -0.2) is 0 Å². The van der Waals surface area contributed by atoms with Gasteiger partial charge in [0, 0.05) is 25.3 Å². The Morgan fingerprint density at radius 1 is 0.778 bits per heavy atom. The van der Waals surface area contributed by atoms with Crippen LogP contribution in [-0.4, -0.2) is 36.7 Å². The SMILES string of the molecule is CCCCCCCCCCCCCCCC(=O)NCCNC(=O)C(N)CS. The normalized spacial score (nSPS) is 12.0. The summed E-state index contributed by atoms with van der Waals surface area (Å²) in [5.41, 5.74) is 5.54. The van der Waals surface area contributed by atoms with Gasteiger partial charge in [0.15, 0.2) is 0 Å². The first-order chi connectivity index (χ1) is 13.1. The van der Waals surface area contributed by atoms with Crippen LogP contribution >= 0.6 is 12.6 Å². The summed E-state index contributed by atoms with van der Waals surface area (Å²) < 4.78 is 0. The molecule has 1 atom stereocenters. The van der Waals surface area contributed by atoms with E-state index in [0.717, 1.165) is 12.8 Å². The predicted octanol–water partition coefficient (Wildman–Crippen LogP) is 3.96. The monoisotopic (exact) mass is 401 g/mol. The van der Waals surface area contributed by atoms with Gasteiger partial charge in [-0.05, 0) is 6.42 Å². The lowest BCUT2D eigenvalue weighted by atomic mass is 10.0. The summed E-state index contributed by atoms with van der Waals surface area (Å²) >= 11 is 3.97. The van der Waals surface area contributed by atoms with Crippen LogP contribution in [0.15, 0.2) is 0 Å². The molecule has 0 spiro atoms. The molecule has 0 fully saturated rings. The number of amides is 2. The molecular weight excluding hydrogens is 358 g/mol. The van der Waals surface area contributed by atoms with Crippen LogP contribution in [0.5, 0.6) is 0 Å². The number of carbonyl (C=O) groups excluding carboxylic acids is 2. The van der Waals surface area contributed by atoms with E-state index in [2.05, 4.69) is 30.2 Å². The molecule has 27 heavy (non-hydrogen) atoms. The Morgan fingerprint density at radius 3 is 1.70 bits per heavy atom. The third kappa shape index (κ3) is 18.4. The van der Waals surface area contributed by atoms with E-state index in [1.807, 2.05) is 0 Å². The Balaban J connectivity index is 3.26. The van der Waals surface area contributed by atoms with Gasteiger partial charge < -0.3 is 16.4 Å². The smallest absolute Gasteiger partial charge is 0.237 e. The van der Waals surface area contributed by atoms with Crippen molar-refractivity contribution in [3.63, 3.8) is 0 Å². The Labute approximate surface area is 172 Å². The number of hydrogen-bond donors (Lipinski definition) is 4. The maximum atomic E-state index is 11.7. The Hall–Kier alpha value is -0.750. The average Bonchev–Trinajstić information content (AvgIpc) is 2.67. The van der Waals surface area contributed by atoms with E-state index in [0.29, 0.717) is 25.3 Å². The van der Waals surface area contributed by atoms with Crippen LogP contribution in [0.1, 0.15) is 96.8 Å². The van der Waals surface area contributed by atoms with Gasteiger partial charge in [-0.15, -0.1) is 0 Å². The average molecular weight is 402 g/mol. The van der Waals surface area contributed by atoms with Crippen molar-refractivity contribution < 1.29 is 9.59 Å². The summed E-state index contributed by atoms with van der Waals surface area (Å²) in [4.78, 5) is 23.1. The van der Waals surface area contributed by atoms with Crippen LogP contribution < -0.4 is 16.4 Å². The first-order valence-corrected chi connectivity index (χ1v) is 11.7. The summed E-state index contributed by atoms with van der Waals surface area (Å²) in [5.74, 6) is 0.151. The van der Waals surface area contributed by atoms with Gasteiger partial charge in [-0.2, -0.15) is 12.6 Å². The van der Waals surface area contributed by atoms with Gasteiger partial charge in [0.2, 0.25) is 11.8 Å². The van der Waals surface area contributed by atoms with E-state index < -0.39 is 6.04 Å². The molecule has 0 saturated heterocycles. The molecule has 0 aromatic carbocycles. The second kappa shape index (κ2) is 20.0. The van der Waals surface area contributed by atoms with Gasteiger partial charge in [0.25, 0.3) is 0 Å². The lowest BCUT2D eigenvalue weighted by Gasteiger charge is -2.10. The van der Waals surface area contributed by atoms with Crippen molar-refractivity contribution in [2.75, 3.05) is 18.8 Å². The van der Waals surface area contributed by atoms with Crippen LogP contribution in [0.3, 0.4) is 0 Å². The van der Waals surface area contributed by atoms with Crippen molar-refractivity contribution in [1.82, 2.24) is 10.6 Å². The number of thiol groups is 1. The Morgan fingerprint density at radius 2 is 1.22 bits per heavy atom. The standard InChI is InChI=1S/C21H43N3O2S/c1-2-3-4-5-6-7-8-9-10-11-12-13-14-15-20(25)23-16-17-24-21(26)19(22)18-27/h19,27H,2-18,22H2,1H3,(H,23,25)(H,24,26). The van der Waals surface area contributed by atoms with Gasteiger partial charge in [-0.3, -0.25) is 9.59 Å². The molecule has 1 unspecified atom stereocenters. The quantitative estimate of drug-likeness (QED) is 0.195. The number of rotatable bonds is 19. The molecule has 160 valence electrons. The van der Waals surface area contributed by atoms with E-state index in [9.17, 15) is 9.59 Å². The van der Waals surface area contributed by atoms with Crippen LogP contribution in [-0.2, 0) is 9.59 Å². The summed E-state index contributed by atoms with van der Waals surface area (Å²) in [5, 5.41) is 5.50. The molecule has 0 aromatic heterocycles. The molecule has 0 radical (unpaired) electrons. The van der Waals surface area contributed by atoms with Crippen LogP contribution in [0.2, 0.25) is 0 Å². The molecule has 0 saturated carbocycles. The van der Waals surface area contributed by atoms with Gasteiger partial charge in [0.05, 0.1) is 6.04 Å². The lowest BCUT2D eigenvalue weighted by Crippen LogP contribution is -2.44. The molecule has 4 N–H and O–H groups in total. The van der Waals surface area contributed by atoms with Gasteiger partial charge >= 0.3 is 0 Å². The number of nitrogens with two attached hydrogens (primary N) is 1. The zero-order chi connectivity index (χ0) is 20.2. The van der Waals surface area contributed by atoms with Crippen molar-refractivity contribution in [3.05, 3.63) is 0 Å². The zero-order valence-electron chi connectivity index (χ0n) is 17.4. The maximum Gasteiger partial charge on any atom is 0.237 e. The fraction of sp³-hybridized carbons (Fsp3) is 0.905. The minimum absolute atomic E-state index is 0.0609. The third-order valence-electron chi connectivity index (χ3n) is 4.79. The van der Waals surface area contributed by atoms with E-state index in [1.54, 1.807) is 0 Å². The zero-order valence-corrected chi connectivity index (χ0v) is 18.3. The second-order valence-corrected chi connectivity index (χ2v) is 7.79. The molecule has 0 bridgehead atoms. The fourth-order valence-corrected chi connectivity index (χ4v) is 3.16. The molecule has 0 aliphatic rings. The summed E-state index contributed by atoms with van der Waals surface area (Å²) in [6.07, 6.45) is 17.5. The first-order valence-electron chi connectivity index (χ1n) is 11.0. The fourth-order valence-electron chi connectivity index (χ4n) is 2.99. The van der Waals surface area contributed by atoms with Gasteiger partial charge in [-0.1, -0.05) is 84.0 Å². The first kappa shape index (κ1) is 26.2. The van der Waals surface area contributed by atoms with Crippen LogP contribution in [0.4, 0.5) is 0 Å². The molecule has 0 rings (SSSR count). The molecule has 0 aliphatic heterocycles. The molecular formula is C21H43N3O2S. The summed E-state index contributed by atoms with van der Waals surface area (Å²) in [7, 11) is 0. The Bertz CT molecular complexity index is 367. The van der Waals surface area contributed by atoms with Crippen LogP contribution in [0.25, 0.3) is 0 Å². The molecule has 0 aromatic rings. The van der Waals surface area contributed by atoms with Crippen molar-refractivity contribution in [1.29, 1.82) is 0 Å². The van der Waals surface area contributed by atoms with E-state index in [4.69, 9.17) is 5.73 Å². The molecule has 6 heteroatoms. The van der Waals surface area contributed by atoms with E-state index in [-0.39, 0.29) is 11.8 Å². The minimum Gasteiger partial charge on any atom is -0.354 e. The summed E-state index contributed by atoms with van der Waals surface area (Å²) in [6, 6.07) is -0.588. The highest BCUT2D eigenvalue weighted by Gasteiger charge is 2.10. The van der Waals surface area contributed by atoms with Gasteiger partial charge in [0.1, 0.15) is 0 Å². The van der Waals surface area contributed by atoms with Crippen molar-refractivity contribution in [2.24, 2.45) is 5.73 Å². The van der Waals surface area contributed by atoms with Crippen LogP contribution in [0, 0.1) is 0 Å². The predicted molar refractivity (Wildman–Crippen MR) is 118 cm³/mol. The van der Waals surface area contributed by atoms with Crippen molar-refractivity contribution >= 4 is 24.4 Å². The number of carbonyl (C=O) groups is 2. The summed E-state index contributed by atoms with van der Waals surface area (Å²) in [6.45, 7) is 3.12. The van der Waals surface area contributed by atoms with Crippen molar-refractivity contribution in [2.45, 2.75) is 103 Å². The second-order valence-electron chi connectivity index (χ2n) is 7.42. The third-order valence-corrected chi connectivity index (χ3v) is 5.18. The minimum atomic E-state index is -0.588. The highest BCUT2D eigenvalue weighted by Crippen LogP contribution is 2.12. The maximum absolute atomic E-state index is 11.7. The van der Waals surface area contributed by atoms with E-state index >= 15 is 0 Å². The molecule has 0 aliphatic carbocycles. The van der Waals surface area contributed by atoms with Crippen molar-refractivity contribution in [3.8, 4) is 0 Å². The number of unbranched alkanes of at least 4 members (excludes halogenated alkanes) is 12. The molecule has 2 amide bonds. The van der Waals surface area contributed by atoms with E-state index in [1.165, 1.54) is 70.6 Å². The highest BCUT2D eigenvalue weighted by atomic mass is 32.1. The number of hydrogen-bond acceptors (Lipinski definition) is 4. The molecule has 0 heterocycles. The Kier molecular flexibility index (Phi) is 19.4. The lowest BCUT2D eigenvalue weighted by molar-refractivity contribution is -0.123. The number of nitrogens with one attached hydrogen (secondary N) is 2. The largest absolute Gasteiger partial charge is 0.354 e.